The summed E-state index contributed by atoms with van der Waals surface area (Å²) in [6.07, 6.45) is 2.41. The summed E-state index contributed by atoms with van der Waals surface area (Å²) in [5.74, 6) is 0.800. The van der Waals surface area contributed by atoms with Crippen LogP contribution in [-0.2, 0) is 6.61 Å². The summed E-state index contributed by atoms with van der Waals surface area (Å²) in [5.41, 5.74) is 0.857. The van der Waals surface area contributed by atoms with E-state index in [2.05, 4.69) is 5.32 Å². The van der Waals surface area contributed by atoms with Crippen LogP contribution in [0.1, 0.15) is 18.4 Å². The summed E-state index contributed by atoms with van der Waals surface area (Å²) < 4.78 is 5.69. The summed E-state index contributed by atoms with van der Waals surface area (Å²) in [6, 6.07) is 8.09. The summed E-state index contributed by atoms with van der Waals surface area (Å²) in [7, 11) is 0. The lowest BCUT2D eigenvalue weighted by Gasteiger charge is -2.14. The van der Waals surface area contributed by atoms with Gasteiger partial charge in [0, 0.05) is 11.6 Å². The first-order valence-electron chi connectivity index (χ1n) is 5.45. The smallest absolute Gasteiger partial charge is 0.124 e. The van der Waals surface area contributed by atoms with E-state index >= 15 is 0 Å². The molecule has 1 heterocycles. The SMILES string of the molecule is OCc1ccccc1OC[C@H]1CCCN1. The lowest BCUT2D eigenvalue weighted by Crippen LogP contribution is -2.28. The van der Waals surface area contributed by atoms with Crippen LogP contribution >= 0.6 is 0 Å². The summed E-state index contributed by atoms with van der Waals surface area (Å²) in [6.45, 7) is 1.82. The molecule has 3 nitrogen and oxygen atoms in total. The van der Waals surface area contributed by atoms with Gasteiger partial charge in [-0.05, 0) is 25.5 Å². The number of benzene rings is 1. The third-order valence-corrected chi connectivity index (χ3v) is 2.75. The maximum absolute atomic E-state index is 9.11. The van der Waals surface area contributed by atoms with Crippen LogP contribution < -0.4 is 10.1 Å². The molecule has 2 N–H and O–H groups in total. The van der Waals surface area contributed by atoms with Crippen LogP contribution in [-0.4, -0.2) is 24.3 Å². The highest BCUT2D eigenvalue weighted by Crippen LogP contribution is 2.18. The second-order valence-electron chi connectivity index (χ2n) is 3.87. The Bertz CT molecular complexity index is 308. The molecule has 15 heavy (non-hydrogen) atoms. The molecule has 2 rings (SSSR count). The predicted molar refractivity (Wildman–Crippen MR) is 58.9 cm³/mol. The highest BCUT2D eigenvalue weighted by Gasteiger charge is 2.14. The van der Waals surface area contributed by atoms with E-state index in [0.29, 0.717) is 12.6 Å². The van der Waals surface area contributed by atoms with Gasteiger partial charge in [-0.3, -0.25) is 0 Å². The molecule has 82 valence electrons. The fourth-order valence-electron chi connectivity index (χ4n) is 1.86. The van der Waals surface area contributed by atoms with E-state index in [4.69, 9.17) is 9.84 Å². The van der Waals surface area contributed by atoms with Gasteiger partial charge in [0.05, 0.1) is 6.61 Å². The van der Waals surface area contributed by atoms with Crippen LogP contribution in [0.5, 0.6) is 5.75 Å². The maximum atomic E-state index is 9.11. The Hall–Kier alpha value is -1.06. The Kier molecular flexibility index (Phi) is 3.59. The van der Waals surface area contributed by atoms with Crippen molar-refractivity contribution < 1.29 is 9.84 Å². The van der Waals surface area contributed by atoms with Gasteiger partial charge in [-0.25, -0.2) is 0 Å². The number of aliphatic hydroxyl groups excluding tert-OH is 1. The first-order valence-corrected chi connectivity index (χ1v) is 5.45. The quantitative estimate of drug-likeness (QED) is 0.782. The van der Waals surface area contributed by atoms with Gasteiger partial charge in [-0.2, -0.15) is 0 Å². The first kappa shape index (κ1) is 10.5. The third kappa shape index (κ3) is 2.70. The van der Waals surface area contributed by atoms with Crippen molar-refractivity contribution in [2.75, 3.05) is 13.2 Å². The van der Waals surface area contributed by atoms with Crippen LogP contribution in [0.3, 0.4) is 0 Å². The number of ether oxygens (including phenoxy) is 1. The van der Waals surface area contributed by atoms with Gasteiger partial charge in [-0.15, -0.1) is 0 Å². The molecule has 0 bridgehead atoms. The average molecular weight is 207 g/mol. The molecule has 1 saturated heterocycles. The fourth-order valence-corrected chi connectivity index (χ4v) is 1.86. The van der Waals surface area contributed by atoms with Crippen LogP contribution in [0.4, 0.5) is 0 Å². The molecular formula is C12H17NO2. The predicted octanol–water partition coefficient (Wildman–Crippen LogP) is 1.31. The van der Waals surface area contributed by atoms with Crippen LogP contribution in [0.2, 0.25) is 0 Å². The van der Waals surface area contributed by atoms with Crippen molar-refractivity contribution in [2.45, 2.75) is 25.5 Å². The monoisotopic (exact) mass is 207 g/mol. The third-order valence-electron chi connectivity index (χ3n) is 2.75. The van der Waals surface area contributed by atoms with Gasteiger partial charge in [-0.1, -0.05) is 18.2 Å². The number of hydrogen-bond donors (Lipinski definition) is 2. The second-order valence-corrected chi connectivity index (χ2v) is 3.87. The Morgan fingerprint density at radius 1 is 1.40 bits per heavy atom. The number of hydrogen-bond acceptors (Lipinski definition) is 3. The van der Waals surface area contributed by atoms with Gasteiger partial charge in [0.15, 0.2) is 0 Å². The summed E-state index contributed by atoms with van der Waals surface area (Å²) in [5, 5.41) is 12.5. The maximum Gasteiger partial charge on any atom is 0.124 e. The zero-order chi connectivity index (χ0) is 10.5. The Morgan fingerprint density at radius 3 is 3.00 bits per heavy atom. The van der Waals surface area contributed by atoms with E-state index in [0.717, 1.165) is 17.9 Å². The van der Waals surface area contributed by atoms with E-state index in [1.165, 1.54) is 12.8 Å². The lowest BCUT2D eigenvalue weighted by atomic mass is 10.2. The van der Waals surface area contributed by atoms with Gasteiger partial charge in [0.25, 0.3) is 0 Å². The van der Waals surface area contributed by atoms with Crippen molar-refractivity contribution in [3.8, 4) is 5.75 Å². The van der Waals surface area contributed by atoms with Gasteiger partial charge < -0.3 is 15.2 Å². The molecule has 1 aromatic carbocycles. The van der Waals surface area contributed by atoms with Crippen molar-refractivity contribution >= 4 is 0 Å². The number of rotatable bonds is 4. The molecule has 0 amide bonds. The normalized spacial score (nSPS) is 20.5. The zero-order valence-electron chi connectivity index (χ0n) is 8.78. The van der Waals surface area contributed by atoms with Crippen molar-refractivity contribution in [3.05, 3.63) is 29.8 Å². The molecule has 0 aliphatic carbocycles. The molecule has 1 aliphatic rings. The molecule has 0 spiro atoms. The minimum absolute atomic E-state index is 0.0360. The number of aliphatic hydroxyl groups is 1. The molecule has 1 fully saturated rings. The lowest BCUT2D eigenvalue weighted by molar-refractivity contribution is 0.249. The van der Waals surface area contributed by atoms with Crippen LogP contribution in [0.15, 0.2) is 24.3 Å². The standard InChI is InChI=1S/C12H17NO2/c14-8-10-4-1-2-6-12(10)15-9-11-5-3-7-13-11/h1-2,4,6,11,13-14H,3,5,7-9H2/t11-/m1/s1. The van der Waals surface area contributed by atoms with E-state index in [-0.39, 0.29) is 6.61 Å². The highest BCUT2D eigenvalue weighted by molar-refractivity contribution is 5.32. The van der Waals surface area contributed by atoms with Crippen molar-refractivity contribution in [2.24, 2.45) is 0 Å². The minimum Gasteiger partial charge on any atom is -0.492 e. The molecule has 0 saturated carbocycles. The van der Waals surface area contributed by atoms with Crippen LogP contribution in [0, 0.1) is 0 Å². The second kappa shape index (κ2) is 5.14. The van der Waals surface area contributed by atoms with Crippen LogP contribution in [0.25, 0.3) is 0 Å². The Balaban J connectivity index is 1.91. The fraction of sp³-hybridized carbons (Fsp3) is 0.500. The van der Waals surface area contributed by atoms with Gasteiger partial charge in [0.2, 0.25) is 0 Å². The van der Waals surface area contributed by atoms with E-state index < -0.39 is 0 Å². The van der Waals surface area contributed by atoms with Gasteiger partial charge in [0.1, 0.15) is 12.4 Å². The van der Waals surface area contributed by atoms with Crippen molar-refractivity contribution in [1.29, 1.82) is 0 Å². The zero-order valence-corrected chi connectivity index (χ0v) is 8.78. The summed E-state index contributed by atoms with van der Waals surface area (Å²) in [4.78, 5) is 0. The first-order chi connectivity index (χ1) is 7.40. The molecule has 0 aromatic heterocycles. The van der Waals surface area contributed by atoms with E-state index in [9.17, 15) is 0 Å². The van der Waals surface area contributed by atoms with Crippen molar-refractivity contribution in [1.82, 2.24) is 5.32 Å². The summed E-state index contributed by atoms with van der Waals surface area (Å²) >= 11 is 0. The number of nitrogens with one attached hydrogen (secondary N) is 1. The molecule has 3 heteroatoms. The minimum atomic E-state index is 0.0360. The van der Waals surface area contributed by atoms with E-state index in [1.807, 2.05) is 24.3 Å². The van der Waals surface area contributed by atoms with Crippen molar-refractivity contribution in [3.63, 3.8) is 0 Å². The molecular weight excluding hydrogens is 190 g/mol. The number of para-hydroxylation sites is 1. The van der Waals surface area contributed by atoms with E-state index in [1.54, 1.807) is 0 Å². The molecule has 0 unspecified atom stereocenters. The topological polar surface area (TPSA) is 41.5 Å². The van der Waals surface area contributed by atoms with Gasteiger partial charge >= 0.3 is 0 Å². The largest absolute Gasteiger partial charge is 0.492 e. The molecule has 1 aliphatic heterocycles. The Morgan fingerprint density at radius 2 is 2.27 bits per heavy atom. The Labute approximate surface area is 90.1 Å². The molecule has 0 radical (unpaired) electrons. The molecule has 1 atom stereocenters. The molecule has 1 aromatic rings. The highest BCUT2D eigenvalue weighted by atomic mass is 16.5. The average Bonchev–Trinajstić information content (AvgIpc) is 2.79.